The van der Waals surface area contributed by atoms with Crippen molar-refractivity contribution in [3.8, 4) is 0 Å². The number of carboxylic acids is 1. The summed E-state index contributed by atoms with van der Waals surface area (Å²) in [6.45, 7) is 4.15. The van der Waals surface area contributed by atoms with E-state index in [9.17, 15) is 9.90 Å². The van der Waals surface area contributed by atoms with E-state index in [0.717, 1.165) is 36.9 Å². The topological polar surface area (TPSA) is 50.2 Å². The molecule has 3 heteroatoms. The molecule has 1 aromatic rings. The highest BCUT2D eigenvalue weighted by Gasteiger charge is 2.45. The van der Waals surface area contributed by atoms with E-state index in [1.54, 1.807) is 6.20 Å². The van der Waals surface area contributed by atoms with Gasteiger partial charge in [0.05, 0.1) is 5.41 Å². The molecular weight excluding hydrogens is 226 g/mol. The number of rotatable bonds is 4. The third-order valence-electron chi connectivity index (χ3n) is 4.37. The fourth-order valence-electron chi connectivity index (χ4n) is 3.04. The number of pyridine rings is 1. The van der Waals surface area contributed by atoms with Gasteiger partial charge in [0, 0.05) is 18.3 Å². The van der Waals surface area contributed by atoms with Crippen LogP contribution in [0, 0.1) is 18.3 Å². The lowest BCUT2D eigenvalue weighted by molar-refractivity contribution is -0.148. The number of nitrogens with zero attached hydrogens (tertiary/aromatic N) is 1. The van der Waals surface area contributed by atoms with Gasteiger partial charge in [-0.1, -0.05) is 19.4 Å². The van der Waals surface area contributed by atoms with E-state index in [0.29, 0.717) is 12.3 Å². The molecule has 1 aliphatic rings. The maximum absolute atomic E-state index is 11.7. The molecule has 0 saturated heterocycles. The van der Waals surface area contributed by atoms with Crippen LogP contribution >= 0.6 is 0 Å². The van der Waals surface area contributed by atoms with Crippen molar-refractivity contribution in [2.45, 2.75) is 46.0 Å². The number of aliphatic carboxylic acids is 1. The number of carbonyl (C=O) groups is 1. The zero-order chi connectivity index (χ0) is 13.2. The number of aromatic nitrogens is 1. The summed E-state index contributed by atoms with van der Waals surface area (Å²) in [5.74, 6) is -0.0892. The first kappa shape index (κ1) is 13.1. The van der Waals surface area contributed by atoms with E-state index in [1.807, 2.05) is 19.1 Å². The summed E-state index contributed by atoms with van der Waals surface area (Å²) in [5, 5.41) is 9.60. The van der Waals surface area contributed by atoms with Gasteiger partial charge < -0.3 is 5.11 Å². The van der Waals surface area contributed by atoms with Crippen molar-refractivity contribution >= 4 is 5.97 Å². The minimum Gasteiger partial charge on any atom is -0.481 e. The minimum atomic E-state index is -0.650. The molecule has 2 atom stereocenters. The van der Waals surface area contributed by atoms with Crippen LogP contribution in [0.1, 0.15) is 43.9 Å². The van der Waals surface area contributed by atoms with Crippen molar-refractivity contribution in [3.05, 3.63) is 29.6 Å². The number of carboxylic acid groups (broad SMARTS) is 1. The van der Waals surface area contributed by atoms with Crippen molar-refractivity contribution in [3.63, 3.8) is 0 Å². The van der Waals surface area contributed by atoms with Gasteiger partial charge in [-0.3, -0.25) is 9.78 Å². The summed E-state index contributed by atoms with van der Waals surface area (Å²) in [6, 6.07) is 3.90. The molecular formula is C15H21NO2. The molecule has 3 nitrogen and oxygen atoms in total. The summed E-state index contributed by atoms with van der Waals surface area (Å²) in [4.78, 5) is 16.0. The lowest BCUT2D eigenvalue weighted by Crippen LogP contribution is -2.31. The van der Waals surface area contributed by atoms with Gasteiger partial charge in [-0.05, 0) is 43.7 Å². The zero-order valence-corrected chi connectivity index (χ0v) is 11.1. The predicted molar refractivity (Wildman–Crippen MR) is 70.4 cm³/mol. The molecule has 0 radical (unpaired) electrons. The van der Waals surface area contributed by atoms with Crippen LogP contribution in [0.15, 0.2) is 18.3 Å². The molecule has 0 aliphatic heterocycles. The first-order chi connectivity index (χ1) is 8.57. The molecule has 0 bridgehead atoms. The fraction of sp³-hybridized carbons (Fsp3) is 0.600. The Kier molecular flexibility index (Phi) is 3.69. The molecule has 1 heterocycles. The second-order valence-corrected chi connectivity index (χ2v) is 5.55. The van der Waals surface area contributed by atoms with E-state index >= 15 is 0 Å². The lowest BCUT2D eigenvalue weighted by atomic mass is 9.79. The molecule has 1 N–H and O–H groups in total. The summed E-state index contributed by atoms with van der Waals surface area (Å²) in [7, 11) is 0. The van der Waals surface area contributed by atoms with Gasteiger partial charge in [0.2, 0.25) is 0 Å². The van der Waals surface area contributed by atoms with Crippen LogP contribution in [0.4, 0.5) is 0 Å². The Balaban J connectivity index is 2.23. The van der Waals surface area contributed by atoms with Gasteiger partial charge in [0.15, 0.2) is 0 Å². The highest BCUT2D eigenvalue weighted by molar-refractivity contribution is 5.75. The van der Waals surface area contributed by atoms with Gasteiger partial charge in [-0.2, -0.15) is 0 Å². The molecule has 2 unspecified atom stereocenters. The normalized spacial score (nSPS) is 27.3. The maximum Gasteiger partial charge on any atom is 0.310 e. The van der Waals surface area contributed by atoms with Crippen LogP contribution in [0.5, 0.6) is 0 Å². The standard InChI is InChI=1S/C15H21NO2/c1-3-12-6-7-15(9-12,14(17)18)10-13-11(2)5-4-8-16-13/h4-5,8,12H,3,6-7,9-10H2,1-2H3,(H,17,18). The van der Waals surface area contributed by atoms with Crippen LogP contribution in [0.3, 0.4) is 0 Å². The minimum absolute atomic E-state index is 0.560. The second-order valence-electron chi connectivity index (χ2n) is 5.55. The maximum atomic E-state index is 11.7. The van der Waals surface area contributed by atoms with E-state index in [1.165, 1.54) is 0 Å². The third-order valence-corrected chi connectivity index (χ3v) is 4.37. The summed E-state index contributed by atoms with van der Waals surface area (Å²) in [5.41, 5.74) is 1.45. The lowest BCUT2D eigenvalue weighted by Gasteiger charge is -2.24. The highest BCUT2D eigenvalue weighted by Crippen LogP contribution is 2.45. The highest BCUT2D eigenvalue weighted by atomic mass is 16.4. The largest absolute Gasteiger partial charge is 0.481 e. The summed E-state index contributed by atoms with van der Waals surface area (Å²) < 4.78 is 0. The molecule has 2 rings (SSSR count). The molecule has 0 spiro atoms. The quantitative estimate of drug-likeness (QED) is 0.888. The number of hydrogen-bond acceptors (Lipinski definition) is 2. The average molecular weight is 247 g/mol. The van der Waals surface area contributed by atoms with Gasteiger partial charge in [-0.15, -0.1) is 0 Å². The van der Waals surface area contributed by atoms with Crippen molar-refractivity contribution in [1.29, 1.82) is 0 Å². The Morgan fingerprint density at radius 3 is 2.94 bits per heavy atom. The first-order valence-corrected chi connectivity index (χ1v) is 6.71. The van der Waals surface area contributed by atoms with Gasteiger partial charge in [0.25, 0.3) is 0 Å². The SMILES string of the molecule is CCC1CCC(Cc2ncccc2C)(C(=O)O)C1. The molecule has 0 amide bonds. The Labute approximate surface area is 108 Å². The second kappa shape index (κ2) is 5.09. The van der Waals surface area contributed by atoms with Crippen molar-refractivity contribution in [2.75, 3.05) is 0 Å². The average Bonchev–Trinajstić information content (AvgIpc) is 2.77. The Morgan fingerprint density at radius 2 is 2.39 bits per heavy atom. The molecule has 1 aromatic heterocycles. The fourth-order valence-corrected chi connectivity index (χ4v) is 3.04. The van der Waals surface area contributed by atoms with Crippen LogP contribution in [-0.2, 0) is 11.2 Å². The molecule has 1 aliphatic carbocycles. The molecule has 1 fully saturated rings. The van der Waals surface area contributed by atoms with Crippen LogP contribution in [0.2, 0.25) is 0 Å². The van der Waals surface area contributed by atoms with Crippen molar-refractivity contribution in [1.82, 2.24) is 4.98 Å². The molecule has 1 saturated carbocycles. The number of hydrogen-bond donors (Lipinski definition) is 1. The van der Waals surface area contributed by atoms with Crippen LogP contribution in [-0.4, -0.2) is 16.1 Å². The predicted octanol–water partition coefficient (Wildman–Crippen LogP) is 3.21. The van der Waals surface area contributed by atoms with Gasteiger partial charge in [0.1, 0.15) is 0 Å². The monoisotopic (exact) mass is 247 g/mol. The molecule has 18 heavy (non-hydrogen) atoms. The van der Waals surface area contributed by atoms with E-state index in [2.05, 4.69) is 11.9 Å². The van der Waals surface area contributed by atoms with Crippen LogP contribution < -0.4 is 0 Å². The molecule has 0 aromatic carbocycles. The van der Waals surface area contributed by atoms with Crippen molar-refractivity contribution < 1.29 is 9.90 Å². The van der Waals surface area contributed by atoms with Crippen LogP contribution in [0.25, 0.3) is 0 Å². The third kappa shape index (κ3) is 2.40. The smallest absolute Gasteiger partial charge is 0.310 e. The van der Waals surface area contributed by atoms with Gasteiger partial charge in [-0.25, -0.2) is 0 Å². The zero-order valence-electron chi connectivity index (χ0n) is 11.1. The molecule has 98 valence electrons. The Morgan fingerprint density at radius 1 is 1.61 bits per heavy atom. The Bertz CT molecular complexity index is 444. The van der Waals surface area contributed by atoms with E-state index in [4.69, 9.17) is 0 Å². The Hall–Kier alpha value is -1.38. The summed E-state index contributed by atoms with van der Waals surface area (Å²) in [6.07, 6.45) is 6.03. The van der Waals surface area contributed by atoms with Gasteiger partial charge >= 0.3 is 5.97 Å². The first-order valence-electron chi connectivity index (χ1n) is 6.71. The van der Waals surface area contributed by atoms with E-state index < -0.39 is 11.4 Å². The number of aryl methyl sites for hydroxylation is 1. The van der Waals surface area contributed by atoms with Crippen molar-refractivity contribution in [2.24, 2.45) is 11.3 Å². The summed E-state index contributed by atoms with van der Waals surface area (Å²) >= 11 is 0. The van der Waals surface area contributed by atoms with E-state index in [-0.39, 0.29) is 0 Å².